The molecule has 0 spiro atoms. The Morgan fingerprint density at radius 3 is 2.50 bits per heavy atom. The molecule has 2 aromatic rings. The second kappa shape index (κ2) is 10.1. The minimum atomic E-state index is -0.393. The summed E-state index contributed by atoms with van der Waals surface area (Å²) in [5.74, 6) is -0.0678. The van der Waals surface area contributed by atoms with Gasteiger partial charge in [0.1, 0.15) is 5.75 Å². The van der Waals surface area contributed by atoms with E-state index in [2.05, 4.69) is 38.7 Å². The number of hydrogen-bond acceptors (Lipinski definition) is 4. The van der Waals surface area contributed by atoms with E-state index >= 15 is 0 Å². The average molecular weight is 467 g/mol. The van der Waals surface area contributed by atoms with Crippen LogP contribution in [0.3, 0.4) is 0 Å². The number of carbonyl (C=O) groups excluding carboxylic acids is 2. The molecule has 2 rings (SSSR count). The van der Waals surface area contributed by atoms with Crippen molar-refractivity contribution in [2.45, 2.75) is 20.3 Å². The first-order chi connectivity index (χ1) is 13.2. The van der Waals surface area contributed by atoms with Crippen molar-refractivity contribution in [1.82, 2.24) is 10.9 Å². The maximum absolute atomic E-state index is 12.1. The molecule has 0 aromatic heterocycles. The number of halogens is 2. The molecule has 148 valence electrons. The lowest BCUT2D eigenvalue weighted by Crippen LogP contribution is -2.40. The zero-order chi connectivity index (χ0) is 20.7. The summed E-state index contributed by atoms with van der Waals surface area (Å²) in [6.45, 7) is 7.34. The number of anilines is 1. The Balaban J connectivity index is 1.72. The molecule has 0 unspecified atom stereocenters. The molecule has 0 fully saturated rings. The lowest BCUT2D eigenvalue weighted by Gasteiger charge is -2.13. The fraction of sp³-hybridized carbons (Fsp3) is 0.200. The van der Waals surface area contributed by atoms with Crippen molar-refractivity contribution in [3.63, 3.8) is 0 Å². The third-order valence-corrected chi connectivity index (χ3v) is 4.84. The third kappa shape index (κ3) is 6.90. The Morgan fingerprint density at radius 1 is 1.07 bits per heavy atom. The Kier molecular flexibility index (Phi) is 7.90. The molecule has 0 heterocycles. The number of benzene rings is 2. The van der Waals surface area contributed by atoms with Gasteiger partial charge < -0.3 is 15.5 Å². The van der Waals surface area contributed by atoms with Gasteiger partial charge in [-0.05, 0) is 61.4 Å². The number of carbonyl (C=O) groups is 2. The van der Waals surface area contributed by atoms with Crippen LogP contribution in [-0.2, 0) is 9.59 Å². The minimum Gasteiger partial charge on any atom is -0.484 e. The topological polar surface area (TPSA) is 79.5 Å². The van der Waals surface area contributed by atoms with Crippen LogP contribution < -0.4 is 20.9 Å². The van der Waals surface area contributed by atoms with Crippen LogP contribution in [0.4, 0.5) is 5.69 Å². The lowest BCUT2D eigenvalue weighted by molar-refractivity contribution is -0.124. The minimum absolute atomic E-state index is 0.00485. The summed E-state index contributed by atoms with van der Waals surface area (Å²) >= 11 is 9.30. The zero-order valence-electron chi connectivity index (χ0n) is 15.6. The number of hydrogen-bond donors (Lipinski definition) is 3. The smallest absolute Gasteiger partial charge is 0.276 e. The van der Waals surface area contributed by atoms with Crippen LogP contribution in [0.15, 0.2) is 53.1 Å². The number of aryl methyl sites for hydroxylation is 2. The molecular weight excluding hydrogens is 446 g/mol. The van der Waals surface area contributed by atoms with Gasteiger partial charge in [-0.1, -0.05) is 34.1 Å². The van der Waals surface area contributed by atoms with E-state index in [0.717, 1.165) is 15.6 Å². The second-order valence-corrected chi connectivity index (χ2v) is 7.45. The number of amides is 2. The molecule has 0 aliphatic carbocycles. The van der Waals surface area contributed by atoms with Crippen molar-refractivity contribution in [2.24, 2.45) is 0 Å². The predicted molar refractivity (Wildman–Crippen MR) is 114 cm³/mol. The van der Waals surface area contributed by atoms with Crippen molar-refractivity contribution in [3.8, 4) is 5.75 Å². The molecule has 0 saturated heterocycles. The fourth-order valence-corrected chi connectivity index (χ4v) is 2.72. The van der Waals surface area contributed by atoms with E-state index in [1.165, 1.54) is 0 Å². The third-order valence-electron chi connectivity index (χ3n) is 3.71. The van der Waals surface area contributed by atoms with E-state index in [4.69, 9.17) is 16.3 Å². The van der Waals surface area contributed by atoms with E-state index in [-0.39, 0.29) is 18.9 Å². The summed E-state index contributed by atoms with van der Waals surface area (Å²) in [6.07, 6.45) is -0.00485. The van der Waals surface area contributed by atoms with Crippen LogP contribution >= 0.6 is 27.5 Å². The molecular formula is C20H21BrClN3O3. The quantitative estimate of drug-likeness (QED) is 0.508. The van der Waals surface area contributed by atoms with Crippen molar-refractivity contribution in [2.75, 3.05) is 11.9 Å². The van der Waals surface area contributed by atoms with Crippen LogP contribution in [0.2, 0.25) is 5.02 Å². The molecule has 0 atom stereocenters. The van der Waals surface area contributed by atoms with Crippen LogP contribution in [0.1, 0.15) is 17.5 Å². The van der Waals surface area contributed by atoms with Gasteiger partial charge in [-0.15, -0.1) is 0 Å². The Morgan fingerprint density at radius 2 is 1.82 bits per heavy atom. The van der Waals surface area contributed by atoms with Crippen molar-refractivity contribution in [3.05, 3.63) is 69.3 Å². The van der Waals surface area contributed by atoms with E-state index in [1.807, 2.05) is 26.0 Å². The highest BCUT2D eigenvalue weighted by molar-refractivity contribution is 9.10. The molecule has 3 N–H and O–H groups in total. The maximum Gasteiger partial charge on any atom is 0.276 e. The predicted octanol–water partition coefficient (Wildman–Crippen LogP) is 4.26. The van der Waals surface area contributed by atoms with Gasteiger partial charge >= 0.3 is 0 Å². The molecule has 0 radical (unpaired) electrons. The van der Waals surface area contributed by atoms with Gasteiger partial charge in [0.15, 0.2) is 6.61 Å². The standard InChI is InChI=1S/C20H21BrClN3O3/c1-12-9-16(5-6-17(12)21)28-11-20(27)25-24-14(3)10-19(26)23-18-7-4-15(22)8-13(18)2/h4-9,24H,3,10-11H2,1-2H3,(H,23,26)(H,25,27). The average Bonchev–Trinajstić information content (AvgIpc) is 2.63. The summed E-state index contributed by atoms with van der Waals surface area (Å²) in [4.78, 5) is 24.0. The van der Waals surface area contributed by atoms with Gasteiger partial charge in [-0.3, -0.25) is 15.0 Å². The van der Waals surface area contributed by atoms with E-state index < -0.39 is 5.91 Å². The summed E-state index contributed by atoms with van der Waals surface area (Å²) in [6, 6.07) is 10.6. The van der Waals surface area contributed by atoms with E-state index in [1.54, 1.807) is 24.3 Å². The molecule has 0 aliphatic heterocycles. The summed E-state index contributed by atoms with van der Waals surface area (Å²) < 4.78 is 6.39. The summed E-state index contributed by atoms with van der Waals surface area (Å²) in [7, 11) is 0. The molecule has 0 bridgehead atoms. The highest BCUT2D eigenvalue weighted by atomic mass is 79.9. The molecule has 2 aromatic carbocycles. The summed E-state index contributed by atoms with van der Waals surface area (Å²) in [5.41, 5.74) is 7.94. The van der Waals surface area contributed by atoms with Gasteiger partial charge in [0.05, 0.1) is 6.42 Å². The largest absolute Gasteiger partial charge is 0.484 e. The second-order valence-electron chi connectivity index (χ2n) is 6.16. The van der Waals surface area contributed by atoms with Gasteiger partial charge in [-0.2, -0.15) is 0 Å². The van der Waals surface area contributed by atoms with E-state index in [9.17, 15) is 9.59 Å². The van der Waals surface area contributed by atoms with Crippen molar-refractivity contribution in [1.29, 1.82) is 0 Å². The van der Waals surface area contributed by atoms with Gasteiger partial charge in [-0.25, -0.2) is 0 Å². The highest BCUT2D eigenvalue weighted by Crippen LogP contribution is 2.21. The first kappa shape index (κ1) is 21.8. The van der Waals surface area contributed by atoms with Crippen LogP contribution in [-0.4, -0.2) is 18.4 Å². The summed E-state index contributed by atoms with van der Waals surface area (Å²) in [5, 5.41) is 3.37. The Bertz CT molecular complexity index is 902. The molecule has 2 amide bonds. The number of hydrazine groups is 1. The van der Waals surface area contributed by atoms with Crippen LogP contribution in [0, 0.1) is 13.8 Å². The lowest BCUT2D eigenvalue weighted by atomic mass is 10.2. The number of nitrogens with one attached hydrogen (secondary N) is 3. The van der Waals surface area contributed by atoms with Crippen molar-refractivity contribution >= 4 is 45.0 Å². The highest BCUT2D eigenvalue weighted by Gasteiger charge is 2.09. The fourth-order valence-electron chi connectivity index (χ4n) is 2.25. The Hall–Kier alpha value is -2.51. The van der Waals surface area contributed by atoms with Gasteiger partial charge in [0, 0.05) is 20.9 Å². The van der Waals surface area contributed by atoms with Crippen LogP contribution in [0.25, 0.3) is 0 Å². The molecule has 0 aliphatic rings. The first-order valence-electron chi connectivity index (χ1n) is 8.42. The van der Waals surface area contributed by atoms with Crippen molar-refractivity contribution < 1.29 is 14.3 Å². The maximum atomic E-state index is 12.1. The first-order valence-corrected chi connectivity index (χ1v) is 9.59. The number of rotatable bonds is 8. The van der Waals surface area contributed by atoms with E-state index in [0.29, 0.717) is 22.2 Å². The molecule has 28 heavy (non-hydrogen) atoms. The molecule has 0 saturated carbocycles. The molecule has 8 heteroatoms. The Labute approximate surface area is 177 Å². The SMILES string of the molecule is C=C(CC(=O)Nc1ccc(Cl)cc1C)NNC(=O)COc1ccc(Br)c(C)c1. The van der Waals surface area contributed by atoms with Gasteiger partial charge in [0.25, 0.3) is 5.91 Å². The van der Waals surface area contributed by atoms with Gasteiger partial charge in [0.2, 0.25) is 5.91 Å². The molecule has 6 nitrogen and oxygen atoms in total. The zero-order valence-corrected chi connectivity index (χ0v) is 17.9. The normalized spacial score (nSPS) is 10.1. The van der Waals surface area contributed by atoms with Crippen LogP contribution in [0.5, 0.6) is 5.75 Å². The number of ether oxygens (including phenoxy) is 1. The monoisotopic (exact) mass is 465 g/mol.